The molecule has 258 valence electrons. The second-order valence-corrected chi connectivity index (χ2v) is 12.6. The molecule has 2 atom stereocenters. The number of rotatable bonds is 13. The van der Waals surface area contributed by atoms with E-state index in [0.717, 1.165) is 24.9 Å². The summed E-state index contributed by atoms with van der Waals surface area (Å²) in [7, 11) is 1.59. The minimum atomic E-state index is -0.911. The Morgan fingerprint density at radius 1 is 1.06 bits per heavy atom. The van der Waals surface area contributed by atoms with E-state index in [-0.39, 0.29) is 36.0 Å². The molecule has 0 saturated carbocycles. The fourth-order valence-corrected chi connectivity index (χ4v) is 6.72. The minimum Gasteiger partial charge on any atom is -0.457 e. The molecule has 47 heavy (non-hydrogen) atoms. The summed E-state index contributed by atoms with van der Waals surface area (Å²) in [6.07, 6.45) is 3.29. The third kappa shape index (κ3) is 8.83. The lowest BCUT2D eigenvalue weighted by atomic mass is 9.79. The molecule has 2 aromatic rings. The van der Waals surface area contributed by atoms with Crippen molar-refractivity contribution in [1.82, 2.24) is 20.4 Å². The van der Waals surface area contributed by atoms with E-state index >= 15 is 0 Å². The van der Waals surface area contributed by atoms with Gasteiger partial charge in [0.05, 0.1) is 12.7 Å². The largest absolute Gasteiger partial charge is 0.457 e. The van der Waals surface area contributed by atoms with E-state index in [9.17, 15) is 19.5 Å². The number of carbonyl (C=O) groups is 3. The summed E-state index contributed by atoms with van der Waals surface area (Å²) < 4.78 is 16.4. The average Bonchev–Trinajstić information content (AvgIpc) is 3.08. The number of unbranched alkanes of at least 4 members (excludes halogenated alkanes) is 1. The number of ether oxygens (including phenoxy) is 3. The molecular weight excluding hydrogens is 624 g/mol. The molecule has 3 amide bonds. The Balaban J connectivity index is 0.00000500. The van der Waals surface area contributed by atoms with Crippen LogP contribution in [0.2, 0.25) is 0 Å². The maximum Gasteiger partial charge on any atom is 0.251 e. The minimum absolute atomic E-state index is 0. The highest BCUT2D eigenvalue weighted by atomic mass is 35.5. The Morgan fingerprint density at radius 3 is 2.32 bits per heavy atom. The number of benzene rings is 2. The summed E-state index contributed by atoms with van der Waals surface area (Å²) in [5, 5.41) is 16.9. The van der Waals surface area contributed by atoms with Crippen molar-refractivity contribution in [2.24, 2.45) is 5.92 Å². The molecule has 1 spiro atoms. The molecule has 3 fully saturated rings. The van der Waals surface area contributed by atoms with Gasteiger partial charge in [-0.15, -0.1) is 12.4 Å². The smallest absolute Gasteiger partial charge is 0.251 e. The van der Waals surface area contributed by atoms with Gasteiger partial charge in [0.1, 0.15) is 23.1 Å². The lowest BCUT2D eigenvalue weighted by molar-refractivity contribution is -0.166. The SMILES string of the molecule is CCCCN1C(=O)[C@@H]([C@H](O)C2CCOCC2)NC(=O)C12CCN(Cc1ccc(Oc3ccc(C(=O)NCCOC)cc3)cc1)CC2.Cl. The molecule has 3 aliphatic rings. The van der Waals surface area contributed by atoms with Crippen molar-refractivity contribution in [3.63, 3.8) is 0 Å². The highest BCUT2D eigenvalue weighted by Gasteiger charge is 2.55. The zero-order valence-electron chi connectivity index (χ0n) is 27.4. The summed E-state index contributed by atoms with van der Waals surface area (Å²) in [6, 6.07) is 14.0. The zero-order valence-corrected chi connectivity index (χ0v) is 28.3. The molecule has 11 nitrogen and oxygen atoms in total. The maximum absolute atomic E-state index is 13.8. The van der Waals surface area contributed by atoms with Crippen LogP contribution in [-0.4, -0.2) is 103 Å². The quantitative estimate of drug-likeness (QED) is 0.276. The zero-order chi connectivity index (χ0) is 32.5. The molecular formula is C35H49ClN4O7. The predicted octanol–water partition coefficient (Wildman–Crippen LogP) is 3.53. The molecule has 3 aliphatic heterocycles. The number of piperidine rings is 1. The maximum atomic E-state index is 13.8. The van der Waals surface area contributed by atoms with Crippen molar-refractivity contribution in [3.8, 4) is 11.5 Å². The van der Waals surface area contributed by atoms with E-state index < -0.39 is 17.7 Å². The van der Waals surface area contributed by atoms with Crippen LogP contribution in [0.25, 0.3) is 0 Å². The molecule has 3 saturated heterocycles. The number of hydrogen-bond donors (Lipinski definition) is 3. The monoisotopic (exact) mass is 672 g/mol. The van der Waals surface area contributed by atoms with Gasteiger partial charge in [0.15, 0.2) is 0 Å². The highest BCUT2D eigenvalue weighted by molar-refractivity contribution is 6.00. The van der Waals surface area contributed by atoms with Gasteiger partial charge in [0.2, 0.25) is 11.8 Å². The number of aliphatic hydroxyl groups is 1. The molecule has 0 aliphatic carbocycles. The third-order valence-corrected chi connectivity index (χ3v) is 9.54. The van der Waals surface area contributed by atoms with Crippen molar-refractivity contribution in [1.29, 1.82) is 0 Å². The van der Waals surface area contributed by atoms with Crippen molar-refractivity contribution in [2.45, 2.75) is 69.7 Å². The number of carbonyl (C=O) groups excluding carboxylic acids is 3. The summed E-state index contributed by atoms with van der Waals surface area (Å²) in [6.45, 7) is 6.73. The summed E-state index contributed by atoms with van der Waals surface area (Å²) >= 11 is 0. The topological polar surface area (TPSA) is 130 Å². The van der Waals surface area contributed by atoms with Crippen LogP contribution in [0.4, 0.5) is 0 Å². The van der Waals surface area contributed by atoms with Gasteiger partial charge in [0.25, 0.3) is 5.91 Å². The van der Waals surface area contributed by atoms with Gasteiger partial charge in [0, 0.05) is 58.6 Å². The van der Waals surface area contributed by atoms with Crippen LogP contribution >= 0.6 is 12.4 Å². The number of likely N-dealkylation sites (tertiary alicyclic amines) is 1. The molecule has 3 heterocycles. The molecule has 2 aromatic carbocycles. The molecule has 0 radical (unpaired) electrons. The third-order valence-electron chi connectivity index (χ3n) is 9.54. The van der Waals surface area contributed by atoms with E-state index in [2.05, 4.69) is 22.5 Å². The van der Waals surface area contributed by atoms with Crippen LogP contribution in [0.1, 0.15) is 61.4 Å². The number of hydrogen-bond acceptors (Lipinski definition) is 8. The second kappa shape index (κ2) is 17.3. The van der Waals surface area contributed by atoms with Gasteiger partial charge >= 0.3 is 0 Å². The number of methoxy groups -OCH3 is 1. The average molecular weight is 673 g/mol. The van der Waals surface area contributed by atoms with Crippen molar-refractivity contribution in [2.75, 3.05) is 53.1 Å². The first-order valence-electron chi connectivity index (χ1n) is 16.6. The van der Waals surface area contributed by atoms with E-state index in [1.54, 1.807) is 36.3 Å². The number of nitrogens with zero attached hydrogens (tertiary/aromatic N) is 2. The summed E-state index contributed by atoms with van der Waals surface area (Å²) in [5.74, 6) is 0.817. The van der Waals surface area contributed by atoms with Gasteiger partial charge in [-0.2, -0.15) is 0 Å². The molecule has 12 heteroatoms. The van der Waals surface area contributed by atoms with Crippen molar-refractivity contribution in [3.05, 3.63) is 59.7 Å². The van der Waals surface area contributed by atoms with Crippen molar-refractivity contribution < 1.29 is 33.7 Å². The van der Waals surface area contributed by atoms with Crippen LogP contribution in [0, 0.1) is 5.92 Å². The van der Waals surface area contributed by atoms with Crippen LogP contribution in [0.15, 0.2) is 48.5 Å². The van der Waals surface area contributed by atoms with Gasteiger partial charge < -0.3 is 34.9 Å². The van der Waals surface area contributed by atoms with E-state index in [0.29, 0.717) is 88.7 Å². The fourth-order valence-electron chi connectivity index (χ4n) is 6.72. The Morgan fingerprint density at radius 2 is 1.70 bits per heavy atom. The number of aliphatic hydroxyl groups excluding tert-OH is 1. The Hall–Kier alpha value is -3.22. The lowest BCUT2D eigenvalue weighted by Crippen LogP contribution is -2.75. The summed E-state index contributed by atoms with van der Waals surface area (Å²) in [4.78, 5) is 43.9. The van der Waals surface area contributed by atoms with Crippen LogP contribution in [0.5, 0.6) is 11.5 Å². The number of amides is 3. The molecule has 0 unspecified atom stereocenters. The van der Waals surface area contributed by atoms with Crippen LogP contribution < -0.4 is 15.4 Å². The Labute approximate surface area is 283 Å². The van der Waals surface area contributed by atoms with Crippen LogP contribution in [0.3, 0.4) is 0 Å². The Kier molecular flexibility index (Phi) is 13.4. The highest BCUT2D eigenvalue weighted by Crippen LogP contribution is 2.36. The molecule has 5 rings (SSSR count). The van der Waals surface area contributed by atoms with Gasteiger partial charge in [-0.25, -0.2) is 0 Å². The first-order valence-corrected chi connectivity index (χ1v) is 16.6. The number of halogens is 1. The van der Waals surface area contributed by atoms with Gasteiger partial charge in [-0.05, 0) is 80.0 Å². The Bertz CT molecular complexity index is 1310. The standard InChI is InChI=1S/C35H48N4O7.ClH/c1-3-4-18-39-33(42)30(31(40)26-13-21-45-22-14-26)37-34(43)35(39)15-19-38(20-16-35)24-25-5-9-28(10-6-25)46-29-11-7-27(8-12-29)32(41)36-17-23-44-2;/h5-12,26,30-31,40H,3-4,13-24H2,1-2H3,(H,36,41)(H,37,43);1H/t30-,31-;/m1./s1. The number of piperazine rings is 1. The van der Waals surface area contributed by atoms with E-state index in [1.807, 2.05) is 24.3 Å². The normalized spacial score (nSPS) is 20.7. The molecule has 3 N–H and O–H groups in total. The van der Waals surface area contributed by atoms with E-state index in [4.69, 9.17) is 14.2 Å². The van der Waals surface area contributed by atoms with Gasteiger partial charge in [-0.1, -0.05) is 25.5 Å². The number of nitrogens with one attached hydrogen (secondary N) is 2. The molecule has 0 bridgehead atoms. The van der Waals surface area contributed by atoms with E-state index in [1.165, 1.54) is 0 Å². The lowest BCUT2D eigenvalue weighted by Gasteiger charge is -2.52. The van der Waals surface area contributed by atoms with Crippen LogP contribution in [-0.2, 0) is 25.6 Å². The second-order valence-electron chi connectivity index (χ2n) is 12.6. The van der Waals surface area contributed by atoms with Crippen molar-refractivity contribution >= 4 is 30.1 Å². The first kappa shape index (κ1) is 36.6. The summed E-state index contributed by atoms with van der Waals surface area (Å²) in [5.41, 5.74) is 0.794. The van der Waals surface area contributed by atoms with Gasteiger partial charge in [-0.3, -0.25) is 19.3 Å². The first-order chi connectivity index (χ1) is 22.3. The fraction of sp³-hybridized carbons (Fsp3) is 0.571. The predicted molar refractivity (Wildman–Crippen MR) is 180 cm³/mol. The molecule has 0 aromatic heterocycles.